The topological polar surface area (TPSA) is 69.2 Å². The molecule has 3 aromatic rings. The van der Waals surface area contributed by atoms with Crippen molar-refractivity contribution >= 4 is 11.6 Å². The first-order valence-corrected chi connectivity index (χ1v) is 8.33. The quantitative estimate of drug-likeness (QED) is 0.722. The lowest BCUT2D eigenvalue weighted by Crippen LogP contribution is -2.04. The van der Waals surface area contributed by atoms with Gasteiger partial charge >= 0.3 is 12.0 Å². The van der Waals surface area contributed by atoms with Crippen molar-refractivity contribution in [3.8, 4) is 17.8 Å². The van der Waals surface area contributed by atoms with Crippen LogP contribution >= 0.6 is 0 Å². The van der Waals surface area contributed by atoms with E-state index in [9.17, 15) is 0 Å². The Hall–Kier alpha value is -3.15. The van der Waals surface area contributed by atoms with Crippen LogP contribution in [0.4, 0.5) is 11.6 Å². The Morgan fingerprint density at radius 2 is 1.23 bits per heavy atom. The largest absolute Gasteiger partial charge is 0.467 e. The predicted molar refractivity (Wildman–Crippen MR) is 102 cm³/mol. The molecule has 0 unspecified atom stereocenters. The van der Waals surface area contributed by atoms with Crippen LogP contribution in [-0.2, 0) is 0 Å². The fourth-order valence-electron chi connectivity index (χ4n) is 2.80. The number of methoxy groups -OCH3 is 1. The molecule has 0 aliphatic carbocycles. The van der Waals surface area contributed by atoms with E-state index in [1.807, 2.05) is 52.0 Å². The highest BCUT2D eigenvalue weighted by Crippen LogP contribution is 2.24. The SMILES string of the molecule is COc1nc(Nc2cc(C)cc(C)c2)nc(Oc2cc(C)cc(C)c2)n1. The minimum absolute atomic E-state index is 0.175. The Morgan fingerprint density at radius 3 is 1.81 bits per heavy atom. The van der Waals surface area contributed by atoms with Gasteiger partial charge in [-0.2, -0.15) is 9.97 Å². The summed E-state index contributed by atoms with van der Waals surface area (Å²) in [4.78, 5) is 12.8. The second-order valence-electron chi connectivity index (χ2n) is 6.36. The highest BCUT2D eigenvalue weighted by atomic mass is 16.5. The zero-order valence-corrected chi connectivity index (χ0v) is 15.6. The lowest BCUT2D eigenvalue weighted by molar-refractivity contribution is 0.360. The molecule has 0 bridgehead atoms. The number of ether oxygens (including phenoxy) is 2. The minimum atomic E-state index is 0.175. The highest BCUT2D eigenvalue weighted by Gasteiger charge is 2.10. The molecule has 1 aromatic heterocycles. The number of nitrogens with zero attached hydrogens (tertiary/aromatic N) is 3. The van der Waals surface area contributed by atoms with E-state index in [-0.39, 0.29) is 12.0 Å². The van der Waals surface area contributed by atoms with Crippen LogP contribution in [0.1, 0.15) is 22.3 Å². The van der Waals surface area contributed by atoms with Crippen molar-refractivity contribution in [2.45, 2.75) is 27.7 Å². The van der Waals surface area contributed by atoms with Crippen molar-refractivity contribution in [1.82, 2.24) is 15.0 Å². The molecule has 2 aromatic carbocycles. The van der Waals surface area contributed by atoms with E-state index < -0.39 is 0 Å². The smallest absolute Gasteiger partial charge is 0.330 e. The molecule has 0 fully saturated rings. The van der Waals surface area contributed by atoms with Crippen molar-refractivity contribution in [2.24, 2.45) is 0 Å². The first-order valence-electron chi connectivity index (χ1n) is 8.33. The average Bonchev–Trinajstić information content (AvgIpc) is 2.52. The predicted octanol–water partition coefficient (Wildman–Crippen LogP) is 4.65. The third kappa shape index (κ3) is 4.47. The molecule has 0 spiro atoms. The molecule has 6 heteroatoms. The van der Waals surface area contributed by atoms with E-state index in [4.69, 9.17) is 9.47 Å². The maximum Gasteiger partial charge on any atom is 0.330 e. The molecular weight excluding hydrogens is 328 g/mol. The second-order valence-corrected chi connectivity index (χ2v) is 6.36. The van der Waals surface area contributed by atoms with Gasteiger partial charge in [-0.15, -0.1) is 4.98 Å². The van der Waals surface area contributed by atoms with Gasteiger partial charge in [-0.25, -0.2) is 0 Å². The molecule has 1 heterocycles. The van der Waals surface area contributed by atoms with Gasteiger partial charge < -0.3 is 14.8 Å². The Balaban J connectivity index is 1.90. The van der Waals surface area contributed by atoms with E-state index in [1.165, 1.54) is 7.11 Å². The molecule has 0 radical (unpaired) electrons. The molecule has 0 saturated carbocycles. The summed E-state index contributed by atoms with van der Waals surface area (Å²) in [6, 6.07) is 12.4. The summed E-state index contributed by atoms with van der Waals surface area (Å²) < 4.78 is 11.0. The number of anilines is 2. The number of nitrogens with one attached hydrogen (secondary N) is 1. The fraction of sp³-hybridized carbons (Fsp3) is 0.250. The number of aromatic nitrogens is 3. The molecule has 26 heavy (non-hydrogen) atoms. The van der Waals surface area contributed by atoms with Gasteiger partial charge in [-0.05, 0) is 74.2 Å². The number of benzene rings is 2. The lowest BCUT2D eigenvalue weighted by Gasteiger charge is -2.10. The third-order valence-electron chi connectivity index (χ3n) is 3.66. The maximum atomic E-state index is 5.83. The zero-order chi connectivity index (χ0) is 18.7. The van der Waals surface area contributed by atoms with Gasteiger partial charge in [-0.1, -0.05) is 12.1 Å². The summed E-state index contributed by atoms with van der Waals surface area (Å²) >= 11 is 0. The second kappa shape index (κ2) is 7.39. The average molecular weight is 350 g/mol. The van der Waals surface area contributed by atoms with Crippen LogP contribution in [0, 0.1) is 27.7 Å². The standard InChI is InChI=1S/C20H22N4O2/c1-12-6-13(2)9-16(8-12)21-18-22-19(25-5)24-20(23-18)26-17-10-14(3)7-15(4)11-17/h6-11H,1-5H3,(H,21,22,23,24). The molecule has 134 valence electrons. The molecule has 1 N–H and O–H groups in total. The number of aryl methyl sites for hydroxylation is 4. The number of hydrogen-bond acceptors (Lipinski definition) is 6. The van der Waals surface area contributed by atoms with Crippen LogP contribution in [0.2, 0.25) is 0 Å². The van der Waals surface area contributed by atoms with Gasteiger partial charge in [0.1, 0.15) is 5.75 Å². The van der Waals surface area contributed by atoms with E-state index in [1.54, 1.807) is 0 Å². The third-order valence-corrected chi connectivity index (χ3v) is 3.66. The Bertz CT molecular complexity index is 829. The van der Waals surface area contributed by atoms with Crippen LogP contribution in [-0.4, -0.2) is 22.1 Å². The van der Waals surface area contributed by atoms with Gasteiger partial charge in [-0.3, -0.25) is 0 Å². The van der Waals surface area contributed by atoms with Crippen LogP contribution in [0.15, 0.2) is 36.4 Å². The molecular formula is C20H22N4O2. The maximum absolute atomic E-state index is 5.83. The monoisotopic (exact) mass is 350 g/mol. The van der Waals surface area contributed by atoms with Crippen molar-refractivity contribution in [3.05, 3.63) is 58.7 Å². The van der Waals surface area contributed by atoms with Crippen molar-refractivity contribution in [2.75, 3.05) is 12.4 Å². The first kappa shape index (κ1) is 17.7. The van der Waals surface area contributed by atoms with Gasteiger partial charge in [0.2, 0.25) is 5.95 Å². The molecule has 3 rings (SSSR count). The van der Waals surface area contributed by atoms with Crippen LogP contribution in [0.25, 0.3) is 0 Å². The molecule has 6 nitrogen and oxygen atoms in total. The number of hydrogen-bond donors (Lipinski definition) is 1. The highest BCUT2D eigenvalue weighted by molar-refractivity contribution is 5.56. The summed E-state index contributed by atoms with van der Waals surface area (Å²) in [7, 11) is 1.51. The lowest BCUT2D eigenvalue weighted by atomic mass is 10.1. The van der Waals surface area contributed by atoms with E-state index >= 15 is 0 Å². The van der Waals surface area contributed by atoms with Gasteiger partial charge in [0.25, 0.3) is 0 Å². The van der Waals surface area contributed by atoms with Crippen LogP contribution in [0.3, 0.4) is 0 Å². The first-order chi connectivity index (χ1) is 12.4. The molecule has 0 aliphatic heterocycles. The van der Waals surface area contributed by atoms with Gasteiger partial charge in [0.15, 0.2) is 0 Å². The summed E-state index contributed by atoms with van der Waals surface area (Å²) in [6.45, 7) is 8.11. The van der Waals surface area contributed by atoms with E-state index in [2.05, 4.69) is 32.4 Å². The summed E-state index contributed by atoms with van der Waals surface area (Å²) in [5.41, 5.74) is 5.41. The van der Waals surface area contributed by atoms with Crippen molar-refractivity contribution in [1.29, 1.82) is 0 Å². The molecule has 0 amide bonds. The summed E-state index contributed by atoms with van der Waals surface area (Å²) in [6.07, 6.45) is 0. The fourth-order valence-corrected chi connectivity index (χ4v) is 2.80. The van der Waals surface area contributed by atoms with E-state index in [0.717, 1.165) is 27.9 Å². The Labute approximate surface area is 153 Å². The van der Waals surface area contributed by atoms with E-state index in [0.29, 0.717) is 11.7 Å². The Morgan fingerprint density at radius 1 is 0.692 bits per heavy atom. The summed E-state index contributed by atoms with van der Waals surface area (Å²) in [5, 5.41) is 3.19. The summed E-state index contributed by atoms with van der Waals surface area (Å²) in [5.74, 6) is 1.04. The Kier molecular flexibility index (Phi) is 5.02. The van der Waals surface area contributed by atoms with Crippen LogP contribution < -0.4 is 14.8 Å². The van der Waals surface area contributed by atoms with Crippen molar-refractivity contribution < 1.29 is 9.47 Å². The number of rotatable bonds is 5. The molecule has 0 aliphatic rings. The van der Waals surface area contributed by atoms with Crippen LogP contribution in [0.5, 0.6) is 17.8 Å². The van der Waals surface area contributed by atoms with Crippen molar-refractivity contribution in [3.63, 3.8) is 0 Å². The van der Waals surface area contributed by atoms with Gasteiger partial charge in [0, 0.05) is 5.69 Å². The normalized spacial score (nSPS) is 10.5. The minimum Gasteiger partial charge on any atom is -0.467 e. The zero-order valence-electron chi connectivity index (χ0n) is 15.6. The molecule has 0 saturated heterocycles. The van der Waals surface area contributed by atoms with Gasteiger partial charge in [0.05, 0.1) is 7.11 Å². The molecule has 0 atom stereocenters.